The molecule has 0 aromatic heterocycles. The van der Waals surface area contributed by atoms with Gasteiger partial charge in [-0.05, 0) is 33.6 Å². The molecule has 0 aliphatic carbocycles. The summed E-state index contributed by atoms with van der Waals surface area (Å²) in [5.41, 5.74) is 0. The van der Waals surface area contributed by atoms with Gasteiger partial charge in [0.1, 0.15) is 0 Å². The number of sulfonamides is 1. The summed E-state index contributed by atoms with van der Waals surface area (Å²) in [5.74, 6) is 0.329. The van der Waals surface area contributed by atoms with Crippen molar-refractivity contribution in [2.24, 2.45) is 0 Å². The SMILES string of the molecule is CC(C)N1C(C)CCCCS1(=O)=O. The van der Waals surface area contributed by atoms with E-state index in [1.54, 1.807) is 4.31 Å². The maximum atomic E-state index is 11.8. The van der Waals surface area contributed by atoms with Crippen molar-refractivity contribution < 1.29 is 8.42 Å². The number of hydrogen-bond acceptors (Lipinski definition) is 2. The standard InChI is InChI=1S/C9H19NO2S/c1-8(2)10-9(3)6-4-5-7-13(10,11)12/h8-9H,4-7H2,1-3H3. The Balaban J connectivity index is 2.93. The van der Waals surface area contributed by atoms with Gasteiger partial charge < -0.3 is 0 Å². The quantitative estimate of drug-likeness (QED) is 0.652. The smallest absolute Gasteiger partial charge is 0.212 e. The predicted molar refractivity (Wildman–Crippen MR) is 54.1 cm³/mol. The summed E-state index contributed by atoms with van der Waals surface area (Å²) in [6, 6.07) is 0.269. The molecule has 0 spiro atoms. The van der Waals surface area contributed by atoms with Crippen LogP contribution >= 0.6 is 0 Å². The second kappa shape index (κ2) is 3.96. The lowest BCUT2D eigenvalue weighted by Crippen LogP contribution is -2.43. The summed E-state index contributed by atoms with van der Waals surface area (Å²) >= 11 is 0. The molecule has 3 nitrogen and oxygen atoms in total. The molecule has 1 fully saturated rings. The van der Waals surface area contributed by atoms with E-state index in [2.05, 4.69) is 0 Å². The van der Waals surface area contributed by atoms with Gasteiger partial charge in [0.15, 0.2) is 0 Å². The molecule has 1 aliphatic rings. The highest BCUT2D eigenvalue weighted by atomic mass is 32.2. The second-order valence-electron chi connectivity index (χ2n) is 4.08. The van der Waals surface area contributed by atoms with Crippen molar-refractivity contribution in [1.82, 2.24) is 4.31 Å². The number of hydrogen-bond donors (Lipinski definition) is 0. The zero-order valence-corrected chi connectivity index (χ0v) is 9.47. The molecule has 1 aliphatic heterocycles. The highest BCUT2D eigenvalue weighted by Crippen LogP contribution is 2.22. The first kappa shape index (κ1) is 11.0. The van der Waals surface area contributed by atoms with E-state index in [1.165, 1.54) is 0 Å². The first-order chi connectivity index (χ1) is 5.95. The van der Waals surface area contributed by atoms with E-state index in [9.17, 15) is 8.42 Å². The van der Waals surface area contributed by atoms with Gasteiger partial charge in [0.05, 0.1) is 5.75 Å². The molecule has 0 radical (unpaired) electrons. The molecule has 0 saturated carbocycles. The number of rotatable bonds is 1. The van der Waals surface area contributed by atoms with Gasteiger partial charge in [-0.15, -0.1) is 0 Å². The number of nitrogens with zero attached hydrogens (tertiary/aromatic N) is 1. The Morgan fingerprint density at radius 3 is 2.46 bits per heavy atom. The van der Waals surface area contributed by atoms with Gasteiger partial charge in [0.25, 0.3) is 0 Å². The van der Waals surface area contributed by atoms with E-state index >= 15 is 0 Å². The average Bonchev–Trinajstić information content (AvgIpc) is 2.07. The molecule has 1 saturated heterocycles. The largest absolute Gasteiger partial charge is 0.214 e. The van der Waals surface area contributed by atoms with Crippen LogP contribution in [0.25, 0.3) is 0 Å². The lowest BCUT2D eigenvalue weighted by molar-refractivity contribution is 0.281. The van der Waals surface area contributed by atoms with Gasteiger partial charge in [0.2, 0.25) is 10.0 Å². The molecule has 1 atom stereocenters. The van der Waals surface area contributed by atoms with Crippen LogP contribution in [0.4, 0.5) is 0 Å². The van der Waals surface area contributed by atoms with Crippen molar-refractivity contribution in [2.75, 3.05) is 5.75 Å². The maximum Gasteiger partial charge on any atom is 0.214 e. The third-order valence-electron chi connectivity index (χ3n) is 2.54. The molecule has 0 N–H and O–H groups in total. The van der Waals surface area contributed by atoms with E-state index in [4.69, 9.17) is 0 Å². The highest BCUT2D eigenvalue weighted by Gasteiger charge is 2.31. The summed E-state index contributed by atoms with van der Waals surface area (Å²) in [6.07, 6.45) is 2.84. The molecular formula is C9H19NO2S. The Morgan fingerprint density at radius 2 is 1.92 bits per heavy atom. The van der Waals surface area contributed by atoms with Gasteiger partial charge in [0, 0.05) is 12.1 Å². The first-order valence-corrected chi connectivity index (χ1v) is 6.57. The Bertz CT molecular complexity index is 259. The van der Waals surface area contributed by atoms with Crippen LogP contribution in [0.1, 0.15) is 40.0 Å². The third kappa shape index (κ3) is 2.44. The fourth-order valence-corrected chi connectivity index (χ4v) is 4.14. The van der Waals surface area contributed by atoms with Gasteiger partial charge in [-0.25, -0.2) is 8.42 Å². The van der Waals surface area contributed by atoms with Gasteiger partial charge in [-0.1, -0.05) is 6.42 Å². The molecule has 1 unspecified atom stereocenters. The van der Waals surface area contributed by atoms with Crippen LogP contribution in [-0.2, 0) is 10.0 Å². The molecule has 1 heterocycles. The van der Waals surface area contributed by atoms with E-state index in [-0.39, 0.29) is 12.1 Å². The van der Waals surface area contributed by atoms with Crippen molar-refractivity contribution in [1.29, 1.82) is 0 Å². The molecular weight excluding hydrogens is 186 g/mol. The summed E-state index contributed by atoms with van der Waals surface area (Å²) in [4.78, 5) is 0. The van der Waals surface area contributed by atoms with Crippen LogP contribution in [0.15, 0.2) is 0 Å². The van der Waals surface area contributed by atoms with Crippen LogP contribution in [-0.4, -0.2) is 30.6 Å². The van der Waals surface area contributed by atoms with Crippen molar-refractivity contribution >= 4 is 10.0 Å². The zero-order valence-electron chi connectivity index (χ0n) is 8.66. The minimum atomic E-state index is -2.98. The van der Waals surface area contributed by atoms with E-state index in [0.29, 0.717) is 5.75 Å². The molecule has 4 heteroatoms. The van der Waals surface area contributed by atoms with Crippen LogP contribution in [0.5, 0.6) is 0 Å². The fourth-order valence-electron chi connectivity index (χ4n) is 2.06. The molecule has 0 bridgehead atoms. The molecule has 78 valence electrons. The Morgan fingerprint density at radius 1 is 1.31 bits per heavy atom. The predicted octanol–water partition coefficient (Wildman–Crippen LogP) is 1.60. The summed E-state index contributed by atoms with van der Waals surface area (Å²) in [5, 5.41) is 0. The molecule has 1 rings (SSSR count). The average molecular weight is 205 g/mol. The molecule has 0 aromatic carbocycles. The summed E-state index contributed by atoms with van der Waals surface area (Å²) in [7, 11) is -2.98. The van der Waals surface area contributed by atoms with Crippen molar-refractivity contribution in [3.05, 3.63) is 0 Å². The minimum absolute atomic E-state index is 0.0955. The molecule has 0 aromatic rings. The maximum absolute atomic E-state index is 11.8. The zero-order chi connectivity index (χ0) is 10.1. The fraction of sp³-hybridized carbons (Fsp3) is 1.00. The molecule has 0 amide bonds. The van der Waals surface area contributed by atoms with Gasteiger partial charge in [-0.2, -0.15) is 4.31 Å². The van der Waals surface area contributed by atoms with Crippen molar-refractivity contribution in [3.63, 3.8) is 0 Å². The van der Waals surface area contributed by atoms with Crippen LogP contribution in [0, 0.1) is 0 Å². The summed E-state index contributed by atoms with van der Waals surface area (Å²) in [6.45, 7) is 5.89. The minimum Gasteiger partial charge on any atom is -0.212 e. The van der Waals surface area contributed by atoms with E-state index < -0.39 is 10.0 Å². The monoisotopic (exact) mass is 205 g/mol. The van der Waals surface area contributed by atoms with Gasteiger partial charge in [-0.3, -0.25) is 0 Å². The first-order valence-electron chi connectivity index (χ1n) is 4.96. The lowest BCUT2D eigenvalue weighted by Gasteiger charge is -2.29. The van der Waals surface area contributed by atoms with E-state index in [0.717, 1.165) is 19.3 Å². The topological polar surface area (TPSA) is 37.4 Å². The highest BCUT2D eigenvalue weighted by molar-refractivity contribution is 7.89. The van der Waals surface area contributed by atoms with E-state index in [1.807, 2.05) is 20.8 Å². The van der Waals surface area contributed by atoms with Crippen molar-refractivity contribution in [2.45, 2.75) is 52.1 Å². The Kier molecular flexibility index (Phi) is 3.35. The van der Waals surface area contributed by atoms with Crippen LogP contribution < -0.4 is 0 Å². The van der Waals surface area contributed by atoms with Gasteiger partial charge >= 0.3 is 0 Å². The Labute approximate surface area is 81.2 Å². The van der Waals surface area contributed by atoms with Crippen LogP contribution in [0.3, 0.4) is 0 Å². The van der Waals surface area contributed by atoms with Crippen LogP contribution in [0.2, 0.25) is 0 Å². The Hall–Kier alpha value is -0.0900. The molecule has 13 heavy (non-hydrogen) atoms. The van der Waals surface area contributed by atoms with Crippen molar-refractivity contribution in [3.8, 4) is 0 Å². The third-order valence-corrected chi connectivity index (χ3v) is 4.77. The lowest BCUT2D eigenvalue weighted by atomic mass is 10.1. The second-order valence-corrected chi connectivity index (χ2v) is 6.08. The summed E-state index contributed by atoms with van der Waals surface area (Å²) < 4.78 is 25.2. The normalized spacial score (nSPS) is 30.3.